The summed E-state index contributed by atoms with van der Waals surface area (Å²) in [5.74, 6) is -1.22. The second kappa shape index (κ2) is 35.6. The Morgan fingerprint density at radius 2 is 1.07 bits per heavy atom. The van der Waals surface area contributed by atoms with Crippen LogP contribution in [0.4, 0.5) is 0 Å². The summed E-state index contributed by atoms with van der Waals surface area (Å²) in [6.45, 7) is 4.14. The van der Waals surface area contributed by atoms with E-state index in [4.69, 9.17) is 14.0 Å². The number of hydrogen-bond donors (Lipinski definition) is 3. The van der Waals surface area contributed by atoms with Crippen LogP contribution in [0.3, 0.4) is 0 Å². The highest BCUT2D eigenvalue weighted by Crippen LogP contribution is 2.41. The van der Waals surface area contributed by atoms with E-state index in [-0.39, 0.29) is 31.3 Å². The predicted octanol–water partition coefficient (Wildman–Crippen LogP) is 10.9. The van der Waals surface area contributed by atoms with Gasteiger partial charge in [0, 0.05) is 12.8 Å². The number of unbranched alkanes of at least 4 members (excludes halogenated alkanes) is 19. The molecule has 0 saturated heterocycles. The molecular weight excluding hydrogens is 717 g/mol. The predicted molar refractivity (Wildman–Crippen MR) is 226 cm³/mol. The summed E-state index contributed by atoms with van der Waals surface area (Å²) in [6, 6.07) is 0. The third-order valence-corrected chi connectivity index (χ3v) is 10.5. The lowest BCUT2D eigenvalue weighted by Gasteiger charge is -2.33. The molecule has 0 bridgehead atoms. The van der Waals surface area contributed by atoms with Gasteiger partial charge in [-0.3, -0.25) is 14.1 Å². The molecule has 0 aliphatic rings. The van der Waals surface area contributed by atoms with Gasteiger partial charge in [0.25, 0.3) is 0 Å². The van der Waals surface area contributed by atoms with Gasteiger partial charge < -0.3 is 28.9 Å². The second-order valence-corrected chi connectivity index (χ2v) is 17.7. The number of esters is 2. The molecule has 324 valence electrons. The standard InChI is InChI=1S/C44H84NO9P/c1-6-8-10-12-14-16-18-20-21-22-24-26-28-30-32-34-43(47)52-39-41(38-46)53-44(48)36-35-40(42(37-45(3,4)5)54-55(49,50)51)33-31-29-27-25-23-19-17-15-13-11-9-7-2/h20-21,23,25,40-42,46H,6-19,22,24,26-39H2,1-5H3,(H-,49,50,51)/p+1/b21-20-,25-23-/t40?,41-,42?/m0/s1. The SMILES string of the molecule is CCCCCCCC/C=C\CCCCCCCC(=O)OC[C@H](CO)OC(=O)CCC(CCCC/C=C\CCCCCCCC)C(C[N+](C)(C)C)OP(=O)(O)O. The van der Waals surface area contributed by atoms with Crippen molar-refractivity contribution in [2.24, 2.45) is 5.92 Å². The molecule has 0 saturated carbocycles. The van der Waals surface area contributed by atoms with E-state index in [2.05, 4.69) is 38.2 Å². The Bertz CT molecular complexity index is 1020. The van der Waals surface area contributed by atoms with E-state index in [0.29, 0.717) is 23.9 Å². The van der Waals surface area contributed by atoms with E-state index in [1.54, 1.807) is 0 Å². The molecule has 2 unspecified atom stereocenters. The zero-order valence-electron chi connectivity index (χ0n) is 35.9. The molecule has 0 spiro atoms. The van der Waals surface area contributed by atoms with Crippen LogP contribution < -0.4 is 0 Å². The first-order valence-corrected chi connectivity index (χ1v) is 23.6. The van der Waals surface area contributed by atoms with Gasteiger partial charge in [-0.05, 0) is 76.5 Å². The molecule has 0 amide bonds. The summed E-state index contributed by atoms with van der Waals surface area (Å²) < 4.78 is 28.5. The Kier molecular flexibility index (Phi) is 34.6. The monoisotopic (exact) mass is 803 g/mol. The minimum absolute atomic E-state index is 0.0135. The third-order valence-electron chi connectivity index (χ3n) is 9.91. The van der Waals surface area contributed by atoms with Crippen molar-refractivity contribution in [2.45, 2.75) is 199 Å². The first-order valence-electron chi connectivity index (χ1n) is 22.1. The van der Waals surface area contributed by atoms with Crippen molar-refractivity contribution in [1.29, 1.82) is 0 Å². The Balaban J connectivity index is 4.62. The lowest BCUT2D eigenvalue weighted by molar-refractivity contribution is -0.873. The molecule has 0 fully saturated rings. The van der Waals surface area contributed by atoms with E-state index in [9.17, 15) is 29.0 Å². The lowest BCUT2D eigenvalue weighted by Crippen LogP contribution is -2.45. The van der Waals surface area contributed by atoms with Crippen LogP contribution in [0.2, 0.25) is 0 Å². The van der Waals surface area contributed by atoms with Gasteiger partial charge in [0.15, 0.2) is 6.10 Å². The molecule has 0 aliphatic heterocycles. The van der Waals surface area contributed by atoms with Crippen LogP contribution >= 0.6 is 7.82 Å². The third kappa shape index (κ3) is 37.8. The van der Waals surface area contributed by atoms with Crippen molar-refractivity contribution in [1.82, 2.24) is 0 Å². The average molecular weight is 803 g/mol. The van der Waals surface area contributed by atoms with Crippen LogP contribution in [0.1, 0.15) is 187 Å². The van der Waals surface area contributed by atoms with Crippen molar-refractivity contribution >= 4 is 19.8 Å². The number of nitrogens with zero attached hydrogens (tertiary/aromatic N) is 1. The zero-order chi connectivity index (χ0) is 41.0. The molecule has 0 aromatic heterocycles. The zero-order valence-corrected chi connectivity index (χ0v) is 36.8. The van der Waals surface area contributed by atoms with Crippen molar-refractivity contribution < 1.29 is 47.5 Å². The molecule has 11 heteroatoms. The van der Waals surface area contributed by atoms with E-state index < -0.39 is 32.6 Å². The van der Waals surface area contributed by atoms with Gasteiger partial charge in [-0.2, -0.15) is 0 Å². The maximum atomic E-state index is 12.9. The topological polar surface area (TPSA) is 140 Å². The highest BCUT2D eigenvalue weighted by molar-refractivity contribution is 7.46. The van der Waals surface area contributed by atoms with Crippen molar-refractivity contribution in [3.63, 3.8) is 0 Å². The number of carbonyl (C=O) groups is 2. The van der Waals surface area contributed by atoms with Crippen molar-refractivity contribution in [3.8, 4) is 0 Å². The Morgan fingerprint density at radius 1 is 0.618 bits per heavy atom. The van der Waals surface area contributed by atoms with Gasteiger partial charge in [0.05, 0.1) is 27.7 Å². The van der Waals surface area contributed by atoms with E-state index in [1.807, 2.05) is 21.1 Å². The van der Waals surface area contributed by atoms with Crippen molar-refractivity contribution in [3.05, 3.63) is 24.3 Å². The average Bonchev–Trinajstić information content (AvgIpc) is 3.11. The molecule has 10 nitrogen and oxygen atoms in total. The normalized spacial score (nSPS) is 14.1. The largest absolute Gasteiger partial charge is 0.470 e. The maximum absolute atomic E-state index is 12.9. The summed E-state index contributed by atoms with van der Waals surface area (Å²) in [5.41, 5.74) is 0. The van der Waals surface area contributed by atoms with E-state index >= 15 is 0 Å². The molecule has 0 aromatic rings. The smallest absolute Gasteiger partial charge is 0.462 e. The molecule has 0 aliphatic carbocycles. The van der Waals surface area contributed by atoms with Gasteiger partial charge in [-0.1, -0.05) is 128 Å². The molecule has 55 heavy (non-hydrogen) atoms. The maximum Gasteiger partial charge on any atom is 0.470 e. The number of phosphoric acid groups is 1. The lowest BCUT2D eigenvalue weighted by atomic mass is 9.90. The molecule has 0 heterocycles. The number of ether oxygens (including phenoxy) is 2. The van der Waals surface area contributed by atoms with Gasteiger partial charge in [0.1, 0.15) is 19.3 Å². The molecule has 0 rings (SSSR count). The van der Waals surface area contributed by atoms with E-state index in [0.717, 1.165) is 64.2 Å². The summed E-state index contributed by atoms with van der Waals surface area (Å²) in [5, 5.41) is 9.82. The number of rotatable bonds is 39. The number of quaternary nitrogens is 1. The number of hydrogen-bond acceptors (Lipinski definition) is 7. The van der Waals surface area contributed by atoms with Gasteiger partial charge in [0.2, 0.25) is 0 Å². The fourth-order valence-electron chi connectivity index (χ4n) is 6.72. The number of phosphoric ester groups is 1. The number of likely N-dealkylation sites (N-methyl/N-ethyl adjacent to an activating group) is 1. The molecule has 0 aromatic carbocycles. The summed E-state index contributed by atoms with van der Waals surface area (Å²) in [7, 11) is 1.02. The highest BCUT2D eigenvalue weighted by atomic mass is 31.2. The van der Waals surface area contributed by atoms with Crippen molar-refractivity contribution in [2.75, 3.05) is 40.9 Å². The Morgan fingerprint density at radius 3 is 1.53 bits per heavy atom. The molecular formula is C44H85NO9P+. The first kappa shape index (κ1) is 53.5. The summed E-state index contributed by atoms with van der Waals surface area (Å²) in [4.78, 5) is 44.6. The number of aliphatic hydroxyl groups excluding tert-OH is 1. The number of carbonyl (C=O) groups excluding carboxylic acids is 2. The van der Waals surface area contributed by atoms with Crippen LogP contribution in [-0.4, -0.2) is 84.4 Å². The van der Waals surface area contributed by atoms with Gasteiger partial charge in [-0.15, -0.1) is 0 Å². The second-order valence-electron chi connectivity index (χ2n) is 16.5. The molecule has 3 N–H and O–H groups in total. The minimum atomic E-state index is -4.77. The van der Waals surface area contributed by atoms with Crippen LogP contribution in [-0.2, 0) is 28.2 Å². The Labute approximate surface area is 337 Å². The minimum Gasteiger partial charge on any atom is -0.462 e. The molecule has 3 atom stereocenters. The van der Waals surface area contributed by atoms with Gasteiger partial charge >= 0.3 is 19.8 Å². The quantitative estimate of drug-likeness (QED) is 0.0182. The van der Waals surface area contributed by atoms with E-state index in [1.165, 1.54) is 83.5 Å². The Hall–Kier alpha value is -1.55. The summed E-state index contributed by atoms with van der Waals surface area (Å²) in [6.07, 6.45) is 35.3. The van der Waals surface area contributed by atoms with Crippen LogP contribution in [0.15, 0.2) is 24.3 Å². The van der Waals surface area contributed by atoms with Crippen LogP contribution in [0, 0.1) is 5.92 Å². The van der Waals surface area contributed by atoms with Crippen LogP contribution in [0.5, 0.6) is 0 Å². The number of aliphatic hydroxyl groups is 1. The molecule has 0 radical (unpaired) electrons. The fraction of sp³-hybridized carbons (Fsp3) is 0.864. The van der Waals surface area contributed by atoms with Crippen LogP contribution in [0.25, 0.3) is 0 Å². The van der Waals surface area contributed by atoms with Gasteiger partial charge in [-0.25, -0.2) is 4.57 Å². The first-order chi connectivity index (χ1) is 26.3. The number of allylic oxidation sites excluding steroid dienone is 4. The highest BCUT2D eigenvalue weighted by Gasteiger charge is 2.34. The summed E-state index contributed by atoms with van der Waals surface area (Å²) >= 11 is 0. The fourth-order valence-corrected chi connectivity index (χ4v) is 7.31.